The first-order valence-electron chi connectivity index (χ1n) is 3.38. The van der Waals surface area contributed by atoms with Gasteiger partial charge in [0.05, 0.1) is 0 Å². The highest BCUT2D eigenvalue weighted by Crippen LogP contribution is 2.14. The molecule has 1 amide bonds. The van der Waals surface area contributed by atoms with Crippen molar-refractivity contribution in [2.24, 2.45) is 5.73 Å². The van der Waals surface area contributed by atoms with Crippen LogP contribution in [-0.2, 0) is 4.79 Å². The Morgan fingerprint density at radius 1 is 1.42 bits per heavy atom. The molecule has 3 nitrogen and oxygen atoms in total. The zero-order valence-corrected chi connectivity index (χ0v) is 6.77. The summed E-state index contributed by atoms with van der Waals surface area (Å²) in [5.74, 6) is -1.95. The molecule has 0 saturated carbocycles. The summed E-state index contributed by atoms with van der Waals surface area (Å²) in [5.41, 5.74) is 5.25. The number of carbonyl (C=O) groups excluding carboxylic acids is 1. The Morgan fingerprint density at radius 2 is 1.83 bits per heavy atom. The summed E-state index contributed by atoms with van der Waals surface area (Å²) >= 11 is 0. The Hall–Kier alpha value is -0.780. The third-order valence-corrected chi connectivity index (χ3v) is 1.40. The lowest BCUT2D eigenvalue weighted by Crippen LogP contribution is -2.48. The number of carbonyl (C=O) groups is 1. The first kappa shape index (κ1) is 11.2. The van der Waals surface area contributed by atoms with Crippen molar-refractivity contribution in [3.63, 3.8) is 0 Å². The first-order chi connectivity index (χ1) is 5.25. The molecular weight excluding hydrogens is 173 g/mol. The van der Waals surface area contributed by atoms with Gasteiger partial charge in [0.15, 0.2) is 0 Å². The molecule has 0 aliphatic carbocycles. The van der Waals surface area contributed by atoms with Gasteiger partial charge in [-0.05, 0) is 13.8 Å². The molecule has 6 heteroatoms. The van der Waals surface area contributed by atoms with E-state index in [9.17, 15) is 18.0 Å². The van der Waals surface area contributed by atoms with Crippen LogP contribution in [0, 0.1) is 0 Å². The molecule has 0 fully saturated rings. The molecule has 0 aromatic rings. The van der Waals surface area contributed by atoms with E-state index in [1.165, 1.54) is 13.8 Å². The maximum Gasteiger partial charge on any atom is 0.471 e. The van der Waals surface area contributed by atoms with Crippen molar-refractivity contribution in [3.8, 4) is 0 Å². The maximum atomic E-state index is 11.6. The fourth-order valence-electron chi connectivity index (χ4n) is 0.420. The van der Waals surface area contributed by atoms with Crippen LogP contribution >= 0.6 is 0 Å². The number of hydrogen-bond acceptors (Lipinski definition) is 2. The molecule has 0 aliphatic rings. The standard InChI is InChI=1S/C6H11F3N2O/c1-3(10)4(2)11-5(12)6(7,8)9/h3-4H,10H2,1-2H3,(H,11,12). The fraction of sp³-hybridized carbons (Fsp3) is 0.833. The summed E-state index contributed by atoms with van der Waals surface area (Å²) in [6.07, 6.45) is -4.83. The molecule has 3 N–H and O–H groups in total. The van der Waals surface area contributed by atoms with Gasteiger partial charge < -0.3 is 11.1 Å². The van der Waals surface area contributed by atoms with Crippen LogP contribution in [0.3, 0.4) is 0 Å². The van der Waals surface area contributed by atoms with E-state index in [-0.39, 0.29) is 0 Å². The zero-order chi connectivity index (χ0) is 9.94. The Morgan fingerprint density at radius 3 is 2.08 bits per heavy atom. The van der Waals surface area contributed by atoms with Crippen molar-refractivity contribution in [3.05, 3.63) is 0 Å². The normalized spacial score (nSPS) is 16.8. The van der Waals surface area contributed by atoms with Crippen LogP contribution in [0.5, 0.6) is 0 Å². The maximum absolute atomic E-state index is 11.6. The molecule has 0 bridgehead atoms. The number of amides is 1. The average Bonchev–Trinajstić information content (AvgIpc) is 1.85. The number of halogens is 3. The third-order valence-electron chi connectivity index (χ3n) is 1.40. The molecule has 0 heterocycles. The minimum Gasteiger partial charge on any atom is -0.344 e. The largest absolute Gasteiger partial charge is 0.471 e. The molecule has 0 aromatic heterocycles. The van der Waals surface area contributed by atoms with Crippen molar-refractivity contribution in [2.75, 3.05) is 0 Å². The first-order valence-corrected chi connectivity index (χ1v) is 3.38. The Labute approximate surface area is 68.1 Å². The summed E-state index contributed by atoms with van der Waals surface area (Å²) in [6, 6.07) is -1.18. The summed E-state index contributed by atoms with van der Waals surface area (Å²) in [5, 5.41) is 1.73. The molecule has 2 unspecified atom stereocenters. The molecule has 0 rings (SSSR count). The van der Waals surface area contributed by atoms with Crippen LogP contribution in [0.4, 0.5) is 13.2 Å². The molecule has 0 aromatic carbocycles. The van der Waals surface area contributed by atoms with E-state index in [1.807, 2.05) is 0 Å². The highest BCUT2D eigenvalue weighted by molar-refractivity contribution is 5.81. The number of hydrogen-bond donors (Lipinski definition) is 2. The van der Waals surface area contributed by atoms with Gasteiger partial charge in [0.2, 0.25) is 0 Å². The van der Waals surface area contributed by atoms with Crippen molar-refractivity contribution >= 4 is 5.91 Å². The second kappa shape index (κ2) is 3.75. The van der Waals surface area contributed by atoms with E-state index in [0.29, 0.717) is 0 Å². The van der Waals surface area contributed by atoms with Crippen molar-refractivity contribution < 1.29 is 18.0 Å². The Balaban J connectivity index is 4.02. The van der Waals surface area contributed by atoms with Crippen molar-refractivity contribution in [1.29, 1.82) is 0 Å². The second-order valence-electron chi connectivity index (χ2n) is 2.62. The zero-order valence-electron chi connectivity index (χ0n) is 6.77. The highest BCUT2D eigenvalue weighted by Gasteiger charge is 2.39. The van der Waals surface area contributed by atoms with Crippen LogP contribution < -0.4 is 11.1 Å². The highest BCUT2D eigenvalue weighted by atomic mass is 19.4. The fourth-order valence-corrected chi connectivity index (χ4v) is 0.420. The Bertz CT molecular complexity index is 167. The van der Waals surface area contributed by atoms with Crippen LogP contribution in [0.1, 0.15) is 13.8 Å². The van der Waals surface area contributed by atoms with E-state index < -0.39 is 24.2 Å². The number of rotatable bonds is 2. The number of nitrogens with two attached hydrogens (primary N) is 1. The molecule has 0 radical (unpaired) electrons. The van der Waals surface area contributed by atoms with Gasteiger partial charge >= 0.3 is 12.1 Å². The number of nitrogens with one attached hydrogen (secondary N) is 1. The predicted octanol–water partition coefficient (Wildman–Crippen LogP) is 0.401. The molecule has 2 atom stereocenters. The quantitative estimate of drug-likeness (QED) is 0.652. The van der Waals surface area contributed by atoms with Crippen molar-refractivity contribution in [2.45, 2.75) is 32.1 Å². The Kier molecular flexibility index (Phi) is 3.51. The second-order valence-corrected chi connectivity index (χ2v) is 2.62. The van der Waals surface area contributed by atoms with Crippen LogP contribution in [0.25, 0.3) is 0 Å². The van der Waals surface area contributed by atoms with E-state index in [0.717, 1.165) is 0 Å². The number of alkyl halides is 3. The summed E-state index contributed by atoms with van der Waals surface area (Å²) in [4.78, 5) is 10.3. The van der Waals surface area contributed by atoms with Gasteiger partial charge in [-0.25, -0.2) is 0 Å². The SMILES string of the molecule is CC(N)C(C)NC(=O)C(F)(F)F. The molecular formula is C6H11F3N2O. The van der Waals surface area contributed by atoms with Gasteiger partial charge in [0.1, 0.15) is 0 Å². The minimum absolute atomic E-state index is 0.503. The molecule has 72 valence electrons. The lowest BCUT2D eigenvalue weighted by Gasteiger charge is -2.17. The van der Waals surface area contributed by atoms with Gasteiger partial charge in [-0.3, -0.25) is 4.79 Å². The summed E-state index contributed by atoms with van der Waals surface area (Å²) in [6.45, 7) is 2.93. The van der Waals surface area contributed by atoms with E-state index in [4.69, 9.17) is 5.73 Å². The van der Waals surface area contributed by atoms with E-state index >= 15 is 0 Å². The topological polar surface area (TPSA) is 55.1 Å². The average molecular weight is 184 g/mol. The lowest BCUT2D eigenvalue weighted by atomic mass is 10.2. The summed E-state index contributed by atoms with van der Waals surface area (Å²) < 4.78 is 34.9. The predicted molar refractivity (Wildman–Crippen MR) is 37.3 cm³/mol. The summed E-state index contributed by atoms with van der Waals surface area (Å²) in [7, 11) is 0. The van der Waals surface area contributed by atoms with E-state index in [1.54, 1.807) is 5.32 Å². The van der Waals surface area contributed by atoms with Gasteiger partial charge in [0.25, 0.3) is 0 Å². The minimum atomic E-state index is -4.83. The molecule has 0 aliphatic heterocycles. The van der Waals surface area contributed by atoms with Crippen molar-refractivity contribution in [1.82, 2.24) is 5.32 Å². The lowest BCUT2D eigenvalue weighted by molar-refractivity contribution is -0.174. The molecule has 0 spiro atoms. The smallest absolute Gasteiger partial charge is 0.344 e. The third kappa shape index (κ3) is 3.56. The molecule has 12 heavy (non-hydrogen) atoms. The van der Waals surface area contributed by atoms with Crippen LogP contribution in [0.2, 0.25) is 0 Å². The van der Waals surface area contributed by atoms with Gasteiger partial charge in [0, 0.05) is 12.1 Å². The monoisotopic (exact) mass is 184 g/mol. The van der Waals surface area contributed by atoms with Crippen LogP contribution in [0.15, 0.2) is 0 Å². The van der Waals surface area contributed by atoms with Crippen LogP contribution in [-0.4, -0.2) is 24.2 Å². The van der Waals surface area contributed by atoms with E-state index in [2.05, 4.69) is 0 Å². The van der Waals surface area contributed by atoms with Gasteiger partial charge in [-0.2, -0.15) is 13.2 Å². The van der Waals surface area contributed by atoms with Gasteiger partial charge in [-0.1, -0.05) is 0 Å². The molecule has 0 saturated heterocycles. The van der Waals surface area contributed by atoms with Gasteiger partial charge in [-0.15, -0.1) is 0 Å².